The lowest BCUT2D eigenvalue weighted by molar-refractivity contribution is -0.127. The van der Waals surface area contributed by atoms with Crippen LogP contribution in [-0.4, -0.2) is 50.5 Å². The number of thiophene rings is 1. The van der Waals surface area contributed by atoms with Gasteiger partial charge >= 0.3 is 6.03 Å². The number of nitrogens with zero attached hydrogens (tertiary/aromatic N) is 4. The van der Waals surface area contributed by atoms with Gasteiger partial charge in [0.2, 0.25) is 5.91 Å². The summed E-state index contributed by atoms with van der Waals surface area (Å²) in [7, 11) is 0. The van der Waals surface area contributed by atoms with Gasteiger partial charge in [-0.15, -0.1) is 11.3 Å². The summed E-state index contributed by atoms with van der Waals surface area (Å²) in [5.41, 5.74) is 1.88. The number of pyridine rings is 1. The van der Waals surface area contributed by atoms with Crippen molar-refractivity contribution in [2.75, 3.05) is 18.4 Å². The van der Waals surface area contributed by atoms with Crippen LogP contribution in [0.2, 0.25) is 0 Å². The summed E-state index contributed by atoms with van der Waals surface area (Å²) in [6.07, 6.45) is 8.85. The minimum atomic E-state index is -0.582. The molecule has 0 radical (unpaired) electrons. The van der Waals surface area contributed by atoms with Crippen LogP contribution in [0.15, 0.2) is 49.1 Å². The monoisotopic (exact) mass is 520 g/mol. The number of nitrogens with one attached hydrogen (secondary N) is 2. The average molecular weight is 521 g/mol. The molecule has 1 aromatic carbocycles. The zero-order valence-corrected chi connectivity index (χ0v) is 20.8. The molecule has 0 spiro atoms. The second kappa shape index (κ2) is 9.81. The standard InChI is InChI=1S/C26H25FN6O3S/c27-18-12-17(31-26(35)30-16-3-4-16)5-6-21(18)36-22-7-8-28-19-13-23(37-25(19)22)20-14-32(15-29-20)10-11-33-9-1-2-24(33)34/h5-8,12-16H,1-4,9-11H2,(H2,30,31,35). The van der Waals surface area contributed by atoms with Crippen molar-refractivity contribution in [1.29, 1.82) is 0 Å². The number of likely N-dealkylation sites (tertiary alicyclic amines) is 1. The molecular formula is C26H25FN6O3S. The van der Waals surface area contributed by atoms with E-state index in [4.69, 9.17) is 4.74 Å². The maximum atomic E-state index is 14.8. The Bertz CT molecular complexity index is 1480. The van der Waals surface area contributed by atoms with E-state index in [0.29, 0.717) is 30.9 Å². The van der Waals surface area contributed by atoms with Gasteiger partial charge in [-0.05, 0) is 37.5 Å². The fraction of sp³-hybridized carbons (Fsp3) is 0.308. The Kier molecular flexibility index (Phi) is 6.21. The molecule has 3 aromatic heterocycles. The number of halogens is 1. The molecule has 2 fully saturated rings. The number of imidazole rings is 1. The summed E-state index contributed by atoms with van der Waals surface area (Å²) in [6.45, 7) is 2.18. The zero-order valence-electron chi connectivity index (χ0n) is 19.9. The molecule has 2 aliphatic rings. The first kappa shape index (κ1) is 23.4. The zero-order chi connectivity index (χ0) is 25.4. The van der Waals surface area contributed by atoms with Gasteiger partial charge in [0.05, 0.1) is 27.1 Å². The largest absolute Gasteiger partial charge is 0.453 e. The fourth-order valence-corrected chi connectivity index (χ4v) is 5.29. The molecule has 4 heterocycles. The molecule has 4 aromatic rings. The number of anilines is 1. The molecule has 1 aliphatic carbocycles. The first-order valence-corrected chi connectivity index (χ1v) is 13.1. The lowest BCUT2D eigenvalue weighted by atomic mass is 10.3. The lowest BCUT2D eigenvalue weighted by Crippen LogP contribution is -2.30. The number of amides is 3. The van der Waals surface area contributed by atoms with Crippen LogP contribution in [-0.2, 0) is 11.3 Å². The second-order valence-corrected chi connectivity index (χ2v) is 10.3. The number of rotatable bonds is 8. The number of carbonyl (C=O) groups excluding carboxylic acids is 2. The Morgan fingerprint density at radius 2 is 2.05 bits per heavy atom. The first-order chi connectivity index (χ1) is 18.0. The molecule has 0 bridgehead atoms. The molecule has 11 heteroatoms. The van der Waals surface area contributed by atoms with Crippen LogP contribution in [0.3, 0.4) is 0 Å². The molecule has 0 atom stereocenters. The van der Waals surface area contributed by atoms with E-state index in [0.717, 1.165) is 46.6 Å². The van der Waals surface area contributed by atoms with Crippen LogP contribution in [0.5, 0.6) is 11.5 Å². The van der Waals surface area contributed by atoms with Crippen LogP contribution in [0, 0.1) is 5.82 Å². The predicted octanol–water partition coefficient (Wildman–Crippen LogP) is 5.00. The third-order valence-electron chi connectivity index (χ3n) is 6.38. The van der Waals surface area contributed by atoms with E-state index >= 15 is 0 Å². The number of benzene rings is 1. The van der Waals surface area contributed by atoms with Gasteiger partial charge in [-0.3, -0.25) is 9.78 Å². The van der Waals surface area contributed by atoms with Crippen LogP contribution >= 0.6 is 11.3 Å². The third-order valence-corrected chi connectivity index (χ3v) is 7.54. The van der Waals surface area contributed by atoms with Gasteiger partial charge < -0.3 is 24.8 Å². The normalized spacial score (nSPS) is 15.4. The molecule has 190 valence electrons. The number of carbonyl (C=O) groups is 2. The molecule has 1 saturated heterocycles. The topological polar surface area (TPSA) is 101 Å². The molecular weight excluding hydrogens is 495 g/mol. The Morgan fingerprint density at radius 1 is 1.16 bits per heavy atom. The van der Waals surface area contributed by atoms with Crippen molar-refractivity contribution in [2.45, 2.75) is 38.3 Å². The molecule has 2 N–H and O–H groups in total. The van der Waals surface area contributed by atoms with E-state index in [1.807, 2.05) is 21.7 Å². The minimum absolute atomic E-state index is 0.0522. The number of ether oxygens (including phenoxy) is 1. The number of hydrogen-bond acceptors (Lipinski definition) is 6. The summed E-state index contributed by atoms with van der Waals surface area (Å²) < 4.78 is 23.5. The van der Waals surface area contributed by atoms with Crippen molar-refractivity contribution >= 4 is 39.2 Å². The molecule has 37 heavy (non-hydrogen) atoms. The summed E-state index contributed by atoms with van der Waals surface area (Å²) in [5.74, 6) is 0.168. The molecule has 3 amide bonds. The van der Waals surface area contributed by atoms with Gasteiger partial charge in [0.25, 0.3) is 0 Å². The average Bonchev–Trinajstić information content (AvgIpc) is 3.23. The second-order valence-electron chi connectivity index (χ2n) is 9.24. The van der Waals surface area contributed by atoms with Crippen LogP contribution in [0.25, 0.3) is 20.8 Å². The van der Waals surface area contributed by atoms with E-state index in [1.165, 1.54) is 23.5 Å². The van der Waals surface area contributed by atoms with Crippen LogP contribution < -0.4 is 15.4 Å². The smallest absolute Gasteiger partial charge is 0.319 e. The summed E-state index contributed by atoms with van der Waals surface area (Å²) in [6, 6.07) is 7.84. The molecule has 0 unspecified atom stereocenters. The Labute approximate surface area is 216 Å². The van der Waals surface area contributed by atoms with Gasteiger partial charge in [-0.25, -0.2) is 14.2 Å². The number of hydrogen-bond donors (Lipinski definition) is 2. The maximum Gasteiger partial charge on any atom is 0.319 e. The van der Waals surface area contributed by atoms with E-state index < -0.39 is 5.82 Å². The predicted molar refractivity (Wildman–Crippen MR) is 138 cm³/mol. The SMILES string of the molecule is O=C(Nc1ccc(Oc2ccnc3cc(-c4cn(CCN5CCCC5=O)cn4)sc23)c(F)c1)NC1CC1. The van der Waals surface area contributed by atoms with Crippen molar-refractivity contribution in [3.8, 4) is 22.1 Å². The summed E-state index contributed by atoms with van der Waals surface area (Å²) in [4.78, 5) is 35.5. The highest BCUT2D eigenvalue weighted by atomic mass is 32.1. The number of fused-ring (bicyclic) bond motifs is 1. The van der Waals surface area contributed by atoms with E-state index in [2.05, 4.69) is 20.6 Å². The van der Waals surface area contributed by atoms with E-state index in [1.54, 1.807) is 24.7 Å². The molecule has 1 saturated carbocycles. The highest BCUT2D eigenvalue weighted by Gasteiger charge is 2.23. The number of aromatic nitrogens is 3. The Morgan fingerprint density at radius 3 is 2.84 bits per heavy atom. The van der Waals surface area contributed by atoms with Gasteiger partial charge in [0.1, 0.15) is 5.75 Å². The van der Waals surface area contributed by atoms with Crippen molar-refractivity contribution in [2.24, 2.45) is 0 Å². The van der Waals surface area contributed by atoms with Crippen LogP contribution in [0.4, 0.5) is 14.9 Å². The van der Waals surface area contributed by atoms with Crippen molar-refractivity contribution in [3.63, 3.8) is 0 Å². The van der Waals surface area contributed by atoms with Gasteiger partial charge in [-0.1, -0.05) is 0 Å². The summed E-state index contributed by atoms with van der Waals surface area (Å²) >= 11 is 1.47. The maximum absolute atomic E-state index is 14.8. The van der Waals surface area contributed by atoms with E-state index in [-0.39, 0.29) is 23.7 Å². The molecule has 6 rings (SSSR count). The van der Waals surface area contributed by atoms with Crippen molar-refractivity contribution < 1.29 is 18.7 Å². The highest BCUT2D eigenvalue weighted by molar-refractivity contribution is 7.22. The van der Waals surface area contributed by atoms with Gasteiger partial charge in [0, 0.05) is 62.3 Å². The number of urea groups is 1. The molecule has 1 aliphatic heterocycles. The minimum Gasteiger partial charge on any atom is -0.453 e. The third kappa shape index (κ3) is 5.26. The quantitative estimate of drug-likeness (QED) is 0.341. The Balaban J connectivity index is 1.16. The highest BCUT2D eigenvalue weighted by Crippen LogP contribution is 2.39. The lowest BCUT2D eigenvalue weighted by Gasteiger charge is -2.15. The first-order valence-electron chi connectivity index (χ1n) is 12.3. The summed E-state index contributed by atoms with van der Waals surface area (Å²) in [5, 5.41) is 5.45. The van der Waals surface area contributed by atoms with Crippen molar-refractivity contribution in [3.05, 3.63) is 54.9 Å². The van der Waals surface area contributed by atoms with Gasteiger partial charge in [0.15, 0.2) is 11.6 Å². The fourth-order valence-electron chi connectivity index (χ4n) is 4.27. The Hall–Kier alpha value is -3.99. The van der Waals surface area contributed by atoms with E-state index in [9.17, 15) is 14.0 Å². The van der Waals surface area contributed by atoms with Gasteiger partial charge in [-0.2, -0.15) is 0 Å². The van der Waals surface area contributed by atoms with Crippen LogP contribution in [0.1, 0.15) is 25.7 Å². The molecule has 9 nitrogen and oxygen atoms in total. The van der Waals surface area contributed by atoms with Crippen molar-refractivity contribution in [1.82, 2.24) is 24.8 Å².